The highest BCUT2D eigenvalue weighted by Crippen LogP contribution is 2.21. The number of aromatic amines is 1. The molecule has 1 aromatic carbocycles. The van der Waals surface area contributed by atoms with Gasteiger partial charge in [0.05, 0.1) is 12.6 Å². The highest BCUT2D eigenvalue weighted by Gasteiger charge is 2.07. The molecule has 0 saturated heterocycles. The number of rotatable bonds is 6. The molecule has 2 rings (SSSR count). The maximum absolute atomic E-state index is 11.9. The molecule has 0 radical (unpaired) electrons. The molecule has 0 fully saturated rings. The van der Waals surface area contributed by atoms with E-state index in [1.807, 2.05) is 13.1 Å². The maximum atomic E-state index is 11.9. The minimum atomic E-state index is -0.0388. The number of carbonyl (C=O) groups excluding carboxylic acids is 1. The van der Waals surface area contributed by atoms with E-state index in [1.165, 1.54) is 5.56 Å². The fraction of sp³-hybridized carbons (Fsp3) is 0.333. The van der Waals surface area contributed by atoms with Gasteiger partial charge >= 0.3 is 0 Å². The van der Waals surface area contributed by atoms with Gasteiger partial charge in [-0.1, -0.05) is 29.3 Å². The van der Waals surface area contributed by atoms with Crippen molar-refractivity contribution in [2.24, 2.45) is 0 Å². The second-order valence-corrected chi connectivity index (χ2v) is 5.73. The van der Waals surface area contributed by atoms with Crippen molar-refractivity contribution in [1.29, 1.82) is 0 Å². The van der Waals surface area contributed by atoms with Crippen LogP contribution in [0.1, 0.15) is 23.2 Å². The van der Waals surface area contributed by atoms with Crippen molar-refractivity contribution in [1.82, 2.24) is 15.5 Å². The average Bonchev–Trinajstić information content (AvgIpc) is 2.84. The van der Waals surface area contributed by atoms with E-state index in [1.54, 1.807) is 18.2 Å². The average molecular weight is 326 g/mol. The molecule has 0 spiro atoms. The van der Waals surface area contributed by atoms with Crippen LogP contribution < -0.4 is 5.32 Å². The van der Waals surface area contributed by atoms with Gasteiger partial charge in [0.1, 0.15) is 0 Å². The number of hydrogen-bond donors (Lipinski definition) is 2. The monoisotopic (exact) mass is 325 g/mol. The quantitative estimate of drug-likeness (QED) is 0.800. The summed E-state index contributed by atoms with van der Waals surface area (Å²) >= 11 is 11.9. The fourth-order valence-corrected chi connectivity index (χ4v) is 2.51. The number of nitrogens with one attached hydrogen (secondary N) is 2. The molecule has 21 heavy (non-hydrogen) atoms. The van der Waals surface area contributed by atoms with Crippen molar-refractivity contribution in [2.75, 3.05) is 6.54 Å². The van der Waals surface area contributed by atoms with Crippen LogP contribution >= 0.6 is 23.2 Å². The fourth-order valence-electron chi connectivity index (χ4n) is 2.03. The zero-order valence-corrected chi connectivity index (χ0v) is 13.3. The van der Waals surface area contributed by atoms with Gasteiger partial charge in [-0.2, -0.15) is 5.10 Å². The lowest BCUT2D eigenvalue weighted by Gasteiger charge is -2.07. The molecular formula is C15H17Cl2N3O. The standard InChI is InChI=1S/C15H17Cl2N3O/c1-10-12(9-19-20-10)3-2-6-18-15(21)7-11-4-5-13(16)8-14(11)17/h4-5,8-9H,2-3,6-7H2,1H3,(H,18,21)(H,19,20). The van der Waals surface area contributed by atoms with E-state index in [2.05, 4.69) is 15.5 Å². The van der Waals surface area contributed by atoms with Gasteiger partial charge in [0.25, 0.3) is 0 Å². The first-order chi connectivity index (χ1) is 10.1. The number of aryl methyl sites for hydroxylation is 2. The lowest BCUT2D eigenvalue weighted by molar-refractivity contribution is -0.120. The highest BCUT2D eigenvalue weighted by atomic mass is 35.5. The minimum Gasteiger partial charge on any atom is -0.356 e. The smallest absolute Gasteiger partial charge is 0.224 e. The van der Waals surface area contributed by atoms with E-state index in [0.29, 0.717) is 16.6 Å². The van der Waals surface area contributed by atoms with Gasteiger partial charge in [0.2, 0.25) is 5.91 Å². The summed E-state index contributed by atoms with van der Waals surface area (Å²) in [6.45, 7) is 2.62. The maximum Gasteiger partial charge on any atom is 0.224 e. The molecule has 112 valence electrons. The van der Waals surface area contributed by atoms with E-state index in [9.17, 15) is 4.79 Å². The van der Waals surface area contributed by atoms with Gasteiger partial charge in [-0.3, -0.25) is 9.89 Å². The molecule has 1 heterocycles. The van der Waals surface area contributed by atoms with Crippen LogP contribution in [-0.4, -0.2) is 22.6 Å². The van der Waals surface area contributed by atoms with Crippen LogP contribution in [0.4, 0.5) is 0 Å². The van der Waals surface area contributed by atoms with Crippen LogP contribution in [0.2, 0.25) is 10.0 Å². The third-order valence-corrected chi connectivity index (χ3v) is 3.83. The summed E-state index contributed by atoms with van der Waals surface area (Å²) in [5, 5.41) is 10.9. The first kappa shape index (κ1) is 15.9. The molecule has 4 nitrogen and oxygen atoms in total. The van der Waals surface area contributed by atoms with Crippen LogP contribution in [0.3, 0.4) is 0 Å². The summed E-state index contributed by atoms with van der Waals surface area (Å²) in [6, 6.07) is 5.16. The van der Waals surface area contributed by atoms with Crippen LogP contribution in [-0.2, 0) is 17.6 Å². The molecule has 1 aromatic heterocycles. The minimum absolute atomic E-state index is 0.0388. The molecule has 0 atom stereocenters. The number of halogens is 2. The van der Waals surface area contributed by atoms with Crippen molar-refractivity contribution < 1.29 is 4.79 Å². The Kier molecular flexibility index (Phi) is 5.65. The lowest BCUT2D eigenvalue weighted by atomic mass is 10.1. The number of nitrogens with zero attached hydrogens (tertiary/aromatic N) is 1. The summed E-state index contributed by atoms with van der Waals surface area (Å²) in [7, 11) is 0. The Labute approximate surface area is 133 Å². The molecular weight excluding hydrogens is 309 g/mol. The predicted molar refractivity (Wildman–Crippen MR) is 84.8 cm³/mol. The Morgan fingerprint density at radius 3 is 2.81 bits per heavy atom. The van der Waals surface area contributed by atoms with Crippen LogP contribution in [0.15, 0.2) is 24.4 Å². The number of H-pyrrole nitrogens is 1. The van der Waals surface area contributed by atoms with E-state index < -0.39 is 0 Å². The largest absolute Gasteiger partial charge is 0.356 e. The van der Waals surface area contributed by atoms with Crippen molar-refractivity contribution >= 4 is 29.1 Å². The topological polar surface area (TPSA) is 57.8 Å². The number of carbonyl (C=O) groups is 1. The Balaban J connectivity index is 1.73. The number of aromatic nitrogens is 2. The molecule has 0 bridgehead atoms. The summed E-state index contributed by atoms with van der Waals surface area (Å²) in [4.78, 5) is 11.9. The van der Waals surface area contributed by atoms with Crippen molar-refractivity contribution in [3.8, 4) is 0 Å². The molecule has 0 saturated carbocycles. The second-order valence-electron chi connectivity index (χ2n) is 4.89. The molecule has 0 unspecified atom stereocenters. The van der Waals surface area contributed by atoms with Gasteiger partial charge in [0.15, 0.2) is 0 Å². The summed E-state index contributed by atoms with van der Waals surface area (Å²) in [5.41, 5.74) is 3.04. The summed E-state index contributed by atoms with van der Waals surface area (Å²) in [5.74, 6) is -0.0388. The Hall–Kier alpha value is -1.52. The summed E-state index contributed by atoms with van der Waals surface area (Å²) < 4.78 is 0. The van der Waals surface area contributed by atoms with Crippen LogP contribution in [0.25, 0.3) is 0 Å². The van der Waals surface area contributed by atoms with Gasteiger partial charge in [0, 0.05) is 22.3 Å². The molecule has 0 aliphatic heterocycles. The highest BCUT2D eigenvalue weighted by molar-refractivity contribution is 6.35. The Morgan fingerprint density at radius 1 is 1.33 bits per heavy atom. The van der Waals surface area contributed by atoms with E-state index in [0.717, 1.165) is 24.1 Å². The van der Waals surface area contributed by atoms with Gasteiger partial charge in [-0.15, -0.1) is 0 Å². The van der Waals surface area contributed by atoms with E-state index in [-0.39, 0.29) is 12.3 Å². The van der Waals surface area contributed by atoms with Gasteiger partial charge in [-0.25, -0.2) is 0 Å². The summed E-state index contributed by atoms with van der Waals surface area (Å²) in [6.07, 6.45) is 3.86. The first-order valence-electron chi connectivity index (χ1n) is 6.75. The first-order valence-corrected chi connectivity index (χ1v) is 7.51. The molecule has 0 aliphatic carbocycles. The lowest BCUT2D eigenvalue weighted by Crippen LogP contribution is -2.26. The normalized spacial score (nSPS) is 10.6. The number of hydrogen-bond acceptors (Lipinski definition) is 2. The zero-order chi connectivity index (χ0) is 15.2. The predicted octanol–water partition coefficient (Wildman–Crippen LogP) is 3.32. The van der Waals surface area contributed by atoms with Crippen molar-refractivity contribution in [3.63, 3.8) is 0 Å². The Morgan fingerprint density at radius 2 is 2.14 bits per heavy atom. The molecule has 0 aliphatic rings. The van der Waals surface area contributed by atoms with E-state index in [4.69, 9.17) is 23.2 Å². The van der Waals surface area contributed by atoms with E-state index >= 15 is 0 Å². The number of amides is 1. The van der Waals surface area contributed by atoms with Crippen molar-refractivity contribution in [3.05, 3.63) is 51.3 Å². The molecule has 2 N–H and O–H groups in total. The molecule has 1 amide bonds. The third kappa shape index (κ3) is 4.76. The molecule has 6 heteroatoms. The SMILES string of the molecule is Cc1[nH]ncc1CCCNC(=O)Cc1ccc(Cl)cc1Cl. The number of benzene rings is 1. The van der Waals surface area contributed by atoms with Crippen LogP contribution in [0.5, 0.6) is 0 Å². The third-order valence-electron chi connectivity index (χ3n) is 3.25. The Bertz CT molecular complexity index is 625. The molecule has 2 aromatic rings. The van der Waals surface area contributed by atoms with Gasteiger partial charge < -0.3 is 5.32 Å². The van der Waals surface area contributed by atoms with Crippen molar-refractivity contribution in [2.45, 2.75) is 26.2 Å². The zero-order valence-electron chi connectivity index (χ0n) is 11.7. The van der Waals surface area contributed by atoms with Gasteiger partial charge in [-0.05, 0) is 43.0 Å². The van der Waals surface area contributed by atoms with Crippen LogP contribution in [0, 0.1) is 6.92 Å². The second kappa shape index (κ2) is 7.48.